The van der Waals surface area contributed by atoms with Crippen LogP contribution < -0.4 is 16.0 Å². The van der Waals surface area contributed by atoms with Crippen LogP contribution in [0.2, 0.25) is 0 Å². The average molecular weight is 483 g/mol. The van der Waals surface area contributed by atoms with E-state index >= 15 is 0 Å². The van der Waals surface area contributed by atoms with E-state index in [1.54, 1.807) is 14.1 Å². The quantitative estimate of drug-likeness (QED) is 0.265. The van der Waals surface area contributed by atoms with Gasteiger partial charge in [-0.3, -0.25) is 9.59 Å². The number of ether oxygens (including phenoxy) is 1. The van der Waals surface area contributed by atoms with Gasteiger partial charge >= 0.3 is 0 Å². The van der Waals surface area contributed by atoms with E-state index in [9.17, 15) is 9.59 Å². The van der Waals surface area contributed by atoms with Crippen LogP contribution in [-0.4, -0.2) is 76.2 Å². The first-order valence-electron chi connectivity index (χ1n) is 8.84. The van der Waals surface area contributed by atoms with Gasteiger partial charge < -0.3 is 25.6 Å². The lowest BCUT2D eigenvalue weighted by Crippen LogP contribution is -2.48. The number of nitrogens with zero attached hydrogens (tertiary/aromatic N) is 2. The number of halogens is 1. The molecule has 8 nitrogen and oxygen atoms in total. The Bertz CT molecular complexity index is 477. The normalized spacial score (nSPS) is 17.3. The van der Waals surface area contributed by atoms with E-state index in [1.165, 1.54) is 4.90 Å². The van der Waals surface area contributed by atoms with Gasteiger partial charge in [0.25, 0.3) is 0 Å². The van der Waals surface area contributed by atoms with Crippen LogP contribution in [0.3, 0.4) is 0 Å². The molecule has 3 N–H and O–H groups in total. The van der Waals surface area contributed by atoms with Gasteiger partial charge in [0.2, 0.25) is 11.8 Å². The van der Waals surface area contributed by atoms with E-state index in [-0.39, 0.29) is 42.3 Å². The van der Waals surface area contributed by atoms with Crippen molar-refractivity contribution in [1.29, 1.82) is 0 Å². The highest BCUT2D eigenvalue weighted by Crippen LogP contribution is 2.13. The zero-order valence-electron chi connectivity index (χ0n) is 16.6. The van der Waals surface area contributed by atoms with Crippen molar-refractivity contribution in [3.8, 4) is 0 Å². The molecule has 1 aliphatic heterocycles. The number of amides is 2. The first kappa shape index (κ1) is 24.9. The number of guanidine groups is 1. The summed E-state index contributed by atoms with van der Waals surface area (Å²) in [5, 5.41) is 9.27. The highest BCUT2D eigenvalue weighted by Gasteiger charge is 2.27. The molecule has 152 valence electrons. The van der Waals surface area contributed by atoms with Gasteiger partial charge in [-0.1, -0.05) is 0 Å². The third-order valence-corrected chi connectivity index (χ3v) is 4.10. The molecule has 0 aromatic rings. The van der Waals surface area contributed by atoms with Crippen LogP contribution in [0, 0.1) is 11.3 Å². The summed E-state index contributed by atoms with van der Waals surface area (Å²) in [6.07, 6.45) is 1.02. The predicted octanol–water partition coefficient (Wildman–Crippen LogP) is 0.427. The lowest BCUT2D eigenvalue weighted by Gasteiger charge is -2.25. The number of hydrogen-bond donors (Lipinski definition) is 3. The van der Waals surface area contributed by atoms with Crippen molar-refractivity contribution in [2.24, 2.45) is 16.3 Å². The van der Waals surface area contributed by atoms with Crippen molar-refractivity contribution in [3.63, 3.8) is 0 Å². The van der Waals surface area contributed by atoms with Gasteiger partial charge in [0.05, 0.1) is 12.0 Å². The van der Waals surface area contributed by atoms with Crippen molar-refractivity contribution in [2.75, 3.05) is 53.5 Å². The summed E-state index contributed by atoms with van der Waals surface area (Å²) in [6.45, 7) is 8.97. The molecule has 2 amide bonds. The lowest BCUT2D eigenvalue weighted by molar-refractivity contribution is -0.129. The predicted molar refractivity (Wildman–Crippen MR) is 114 cm³/mol. The Morgan fingerprint density at radius 3 is 2.46 bits per heavy atom. The molecule has 0 radical (unpaired) electrons. The van der Waals surface area contributed by atoms with Crippen molar-refractivity contribution in [3.05, 3.63) is 0 Å². The van der Waals surface area contributed by atoms with Gasteiger partial charge in [0, 0.05) is 46.3 Å². The minimum atomic E-state index is -0.583. The molecule has 0 aliphatic carbocycles. The number of rotatable bonds is 8. The molecule has 9 heteroatoms. The third kappa shape index (κ3) is 9.02. The molecular weight excluding hydrogens is 449 g/mol. The van der Waals surface area contributed by atoms with Gasteiger partial charge in [-0.2, -0.15) is 0 Å². The van der Waals surface area contributed by atoms with Crippen molar-refractivity contribution < 1.29 is 14.3 Å². The molecule has 0 aromatic heterocycles. The second kappa shape index (κ2) is 12.3. The van der Waals surface area contributed by atoms with Crippen molar-refractivity contribution in [2.45, 2.75) is 27.2 Å². The molecule has 1 heterocycles. The molecule has 1 unspecified atom stereocenters. The van der Waals surface area contributed by atoms with Gasteiger partial charge in [0.1, 0.15) is 6.54 Å². The number of carbonyl (C=O) groups excluding carboxylic acids is 2. The van der Waals surface area contributed by atoms with E-state index < -0.39 is 5.41 Å². The third-order valence-electron chi connectivity index (χ3n) is 4.10. The Labute approximate surface area is 173 Å². The van der Waals surface area contributed by atoms with Gasteiger partial charge in [-0.15, -0.1) is 24.0 Å². The molecule has 1 fully saturated rings. The Balaban J connectivity index is 0.00000625. The van der Waals surface area contributed by atoms with E-state index in [0.29, 0.717) is 25.0 Å². The summed E-state index contributed by atoms with van der Waals surface area (Å²) in [6, 6.07) is 0. The van der Waals surface area contributed by atoms with Gasteiger partial charge in [-0.05, 0) is 27.2 Å². The molecule has 0 saturated carbocycles. The smallest absolute Gasteiger partial charge is 0.243 e. The second-order valence-electron chi connectivity index (χ2n) is 7.16. The molecule has 1 aliphatic rings. The number of carbonyl (C=O) groups is 2. The van der Waals surface area contributed by atoms with Crippen LogP contribution in [0.25, 0.3) is 0 Å². The fourth-order valence-electron chi connectivity index (χ4n) is 2.23. The summed E-state index contributed by atoms with van der Waals surface area (Å²) in [5.74, 6) is 0.885. The fourth-order valence-corrected chi connectivity index (χ4v) is 2.23. The minimum Gasteiger partial charge on any atom is -0.381 e. The zero-order chi connectivity index (χ0) is 18.9. The maximum Gasteiger partial charge on any atom is 0.243 e. The number of hydrogen-bond acceptors (Lipinski definition) is 4. The van der Waals surface area contributed by atoms with Crippen LogP contribution >= 0.6 is 24.0 Å². The highest BCUT2D eigenvalue weighted by atomic mass is 127. The maximum atomic E-state index is 12.1. The molecule has 1 rings (SSSR count). The van der Waals surface area contributed by atoms with Crippen LogP contribution in [0.4, 0.5) is 0 Å². The first-order chi connectivity index (χ1) is 11.8. The average Bonchev–Trinajstić information content (AvgIpc) is 3.07. The largest absolute Gasteiger partial charge is 0.381 e. The Morgan fingerprint density at radius 2 is 1.92 bits per heavy atom. The monoisotopic (exact) mass is 483 g/mol. The second-order valence-corrected chi connectivity index (χ2v) is 7.16. The van der Waals surface area contributed by atoms with E-state index in [0.717, 1.165) is 26.2 Å². The molecule has 0 spiro atoms. The van der Waals surface area contributed by atoms with Crippen molar-refractivity contribution in [1.82, 2.24) is 20.9 Å². The molecule has 26 heavy (non-hydrogen) atoms. The van der Waals surface area contributed by atoms with E-state index in [4.69, 9.17) is 4.74 Å². The Kier molecular flexibility index (Phi) is 11.8. The molecular formula is C17H34IN5O3. The van der Waals surface area contributed by atoms with Crippen LogP contribution in [-0.2, 0) is 14.3 Å². The Hall–Kier alpha value is -1.10. The van der Waals surface area contributed by atoms with E-state index in [1.807, 2.05) is 20.8 Å². The van der Waals surface area contributed by atoms with Crippen LogP contribution in [0.5, 0.6) is 0 Å². The molecule has 1 atom stereocenters. The number of nitrogens with one attached hydrogen (secondary N) is 3. The van der Waals surface area contributed by atoms with Crippen LogP contribution in [0.1, 0.15) is 27.2 Å². The van der Waals surface area contributed by atoms with Gasteiger partial charge in [0.15, 0.2) is 5.96 Å². The number of aliphatic imine (C=N–C) groups is 1. The summed E-state index contributed by atoms with van der Waals surface area (Å²) < 4.78 is 5.38. The van der Waals surface area contributed by atoms with Crippen LogP contribution in [0.15, 0.2) is 4.99 Å². The van der Waals surface area contributed by atoms with E-state index in [2.05, 4.69) is 20.9 Å². The number of likely N-dealkylation sites (N-methyl/N-ethyl adjacent to an activating group) is 1. The van der Waals surface area contributed by atoms with Gasteiger partial charge in [-0.25, -0.2) is 4.99 Å². The highest BCUT2D eigenvalue weighted by molar-refractivity contribution is 14.0. The standard InChI is InChI=1S/C17H33N5O3.HI/c1-6-18-15(24)17(2,3)12-21-16(20-10-14(23)22(4)5)19-9-13-7-8-25-11-13;/h13H,6-12H2,1-5H3,(H,18,24)(H2,19,20,21);1H. The Morgan fingerprint density at radius 1 is 1.23 bits per heavy atom. The summed E-state index contributed by atoms with van der Waals surface area (Å²) >= 11 is 0. The molecule has 0 bridgehead atoms. The topological polar surface area (TPSA) is 95.1 Å². The maximum absolute atomic E-state index is 12.1. The summed E-state index contributed by atoms with van der Waals surface area (Å²) in [7, 11) is 3.40. The minimum absolute atomic E-state index is 0. The van der Waals surface area contributed by atoms with Crippen molar-refractivity contribution >= 4 is 41.8 Å². The zero-order valence-corrected chi connectivity index (χ0v) is 18.9. The fraction of sp³-hybridized carbons (Fsp3) is 0.824. The lowest BCUT2D eigenvalue weighted by atomic mass is 9.92. The summed E-state index contributed by atoms with van der Waals surface area (Å²) in [5.41, 5.74) is -0.583. The molecule has 1 saturated heterocycles. The molecule has 0 aromatic carbocycles. The SMILES string of the molecule is CCNC(=O)C(C)(C)CNC(=NCC(=O)N(C)C)NCC1CCOC1.I. The summed E-state index contributed by atoms with van der Waals surface area (Å²) in [4.78, 5) is 29.7. The first-order valence-corrected chi connectivity index (χ1v) is 8.84.